The molecule has 2 heterocycles. The Hall–Kier alpha value is -1.56. The van der Waals surface area contributed by atoms with Crippen molar-refractivity contribution in [3.8, 4) is 0 Å². The SMILES string of the molecule is Nc1cc(C(=O)N2CCCO2)[nH]n1. The molecule has 1 saturated heterocycles. The molecule has 0 bridgehead atoms. The minimum atomic E-state index is -0.221. The third-order valence-electron chi connectivity index (χ3n) is 1.81. The lowest BCUT2D eigenvalue weighted by atomic mass is 10.4. The van der Waals surface area contributed by atoms with E-state index in [1.165, 1.54) is 11.1 Å². The first kappa shape index (κ1) is 8.06. The van der Waals surface area contributed by atoms with Crippen molar-refractivity contribution < 1.29 is 9.63 Å². The lowest BCUT2D eigenvalue weighted by Gasteiger charge is -2.11. The maximum atomic E-state index is 11.5. The highest BCUT2D eigenvalue weighted by atomic mass is 16.7. The number of hydrogen-bond acceptors (Lipinski definition) is 4. The van der Waals surface area contributed by atoms with Crippen LogP contribution in [0, 0.1) is 0 Å². The van der Waals surface area contributed by atoms with Gasteiger partial charge in [-0.3, -0.25) is 14.7 Å². The molecular formula is C7H10N4O2. The van der Waals surface area contributed by atoms with Crippen LogP contribution in [0.5, 0.6) is 0 Å². The van der Waals surface area contributed by atoms with Gasteiger partial charge in [-0.1, -0.05) is 0 Å². The Bertz CT molecular complexity index is 316. The van der Waals surface area contributed by atoms with Crippen LogP contribution in [0.1, 0.15) is 16.9 Å². The summed E-state index contributed by atoms with van der Waals surface area (Å²) >= 11 is 0. The third kappa shape index (κ3) is 1.48. The van der Waals surface area contributed by atoms with Crippen LogP contribution in [0.3, 0.4) is 0 Å². The van der Waals surface area contributed by atoms with Crippen LogP contribution < -0.4 is 5.73 Å². The van der Waals surface area contributed by atoms with E-state index in [-0.39, 0.29) is 5.91 Å². The van der Waals surface area contributed by atoms with Gasteiger partial charge in [0, 0.05) is 6.07 Å². The number of hydrogen-bond donors (Lipinski definition) is 2. The van der Waals surface area contributed by atoms with E-state index in [0.717, 1.165) is 6.42 Å². The fraction of sp³-hybridized carbons (Fsp3) is 0.429. The second-order valence-electron chi connectivity index (χ2n) is 2.80. The van der Waals surface area contributed by atoms with Gasteiger partial charge in [-0.05, 0) is 6.42 Å². The second kappa shape index (κ2) is 3.06. The minimum Gasteiger partial charge on any atom is -0.382 e. The highest BCUT2D eigenvalue weighted by Crippen LogP contribution is 2.10. The van der Waals surface area contributed by atoms with Gasteiger partial charge in [0.2, 0.25) is 0 Å². The number of nitrogens with one attached hydrogen (secondary N) is 1. The molecule has 0 aromatic carbocycles. The Labute approximate surface area is 74.6 Å². The molecule has 1 aliphatic rings. The van der Waals surface area contributed by atoms with Crippen LogP contribution >= 0.6 is 0 Å². The van der Waals surface area contributed by atoms with Crippen molar-refractivity contribution >= 4 is 11.7 Å². The summed E-state index contributed by atoms with van der Waals surface area (Å²) in [7, 11) is 0. The predicted molar refractivity (Wildman–Crippen MR) is 44.6 cm³/mol. The zero-order valence-electron chi connectivity index (χ0n) is 6.99. The number of hydroxylamine groups is 2. The average Bonchev–Trinajstić information content (AvgIpc) is 2.72. The number of rotatable bonds is 1. The number of H-pyrrole nitrogens is 1. The summed E-state index contributed by atoms with van der Waals surface area (Å²) in [5.74, 6) is 0.0873. The van der Waals surface area contributed by atoms with Crippen LogP contribution in [0.15, 0.2) is 6.07 Å². The summed E-state index contributed by atoms with van der Waals surface area (Å²) in [6.07, 6.45) is 0.870. The van der Waals surface area contributed by atoms with Crippen molar-refractivity contribution in [1.82, 2.24) is 15.3 Å². The Kier molecular flexibility index (Phi) is 1.90. The minimum absolute atomic E-state index is 0.221. The molecule has 6 nitrogen and oxygen atoms in total. The van der Waals surface area contributed by atoms with Gasteiger partial charge in [0.05, 0.1) is 13.2 Å². The van der Waals surface area contributed by atoms with E-state index in [1.54, 1.807) is 0 Å². The van der Waals surface area contributed by atoms with E-state index < -0.39 is 0 Å². The first-order valence-corrected chi connectivity index (χ1v) is 4.03. The Balaban J connectivity index is 2.12. The largest absolute Gasteiger partial charge is 0.382 e. The van der Waals surface area contributed by atoms with Crippen LogP contribution in [0.4, 0.5) is 5.82 Å². The number of anilines is 1. The van der Waals surface area contributed by atoms with Crippen LogP contribution in [0.25, 0.3) is 0 Å². The third-order valence-corrected chi connectivity index (χ3v) is 1.81. The first-order valence-electron chi connectivity index (χ1n) is 4.03. The standard InChI is InChI=1S/C7H10N4O2/c8-6-4-5(9-10-6)7(12)11-2-1-3-13-11/h4H,1-3H2,(H3,8,9,10). The molecule has 0 aliphatic carbocycles. The van der Waals surface area contributed by atoms with Gasteiger partial charge in [0.25, 0.3) is 5.91 Å². The maximum absolute atomic E-state index is 11.5. The molecule has 0 unspecified atom stereocenters. The first-order chi connectivity index (χ1) is 6.27. The summed E-state index contributed by atoms with van der Waals surface area (Å²) in [5, 5.41) is 7.51. The van der Waals surface area contributed by atoms with Crippen molar-refractivity contribution in [3.05, 3.63) is 11.8 Å². The monoisotopic (exact) mass is 182 g/mol. The molecule has 70 valence electrons. The molecule has 3 N–H and O–H groups in total. The molecule has 0 saturated carbocycles. The second-order valence-corrected chi connectivity index (χ2v) is 2.80. The number of nitrogens with zero attached hydrogens (tertiary/aromatic N) is 2. The summed E-state index contributed by atoms with van der Waals surface area (Å²) in [4.78, 5) is 16.6. The molecule has 1 aromatic rings. The van der Waals surface area contributed by atoms with Gasteiger partial charge in [-0.25, -0.2) is 5.06 Å². The van der Waals surface area contributed by atoms with E-state index in [9.17, 15) is 4.79 Å². The molecule has 0 spiro atoms. The Morgan fingerprint density at radius 2 is 2.62 bits per heavy atom. The Morgan fingerprint density at radius 1 is 1.77 bits per heavy atom. The van der Waals surface area contributed by atoms with Crippen molar-refractivity contribution in [2.45, 2.75) is 6.42 Å². The normalized spacial score (nSPS) is 16.5. The van der Waals surface area contributed by atoms with E-state index in [4.69, 9.17) is 10.6 Å². The Morgan fingerprint density at radius 3 is 3.15 bits per heavy atom. The van der Waals surface area contributed by atoms with Crippen LogP contribution in [-0.2, 0) is 4.84 Å². The highest BCUT2D eigenvalue weighted by Gasteiger charge is 2.22. The van der Waals surface area contributed by atoms with Gasteiger partial charge in [0.15, 0.2) is 0 Å². The molecule has 1 amide bonds. The maximum Gasteiger partial charge on any atom is 0.295 e. The van der Waals surface area contributed by atoms with Gasteiger partial charge in [-0.15, -0.1) is 0 Å². The lowest BCUT2D eigenvalue weighted by Crippen LogP contribution is -2.26. The number of carbonyl (C=O) groups is 1. The number of aromatic nitrogens is 2. The molecule has 1 fully saturated rings. The molecule has 1 aromatic heterocycles. The summed E-state index contributed by atoms with van der Waals surface area (Å²) < 4.78 is 0. The van der Waals surface area contributed by atoms with Gasteiger partial charge in [-0.2, -0.15) is 5.10 Å². The van der Waals surface area contributed by atoms with E-state index >= 15 is 0 Å². The fourth-order valence-electron chi connectivity index (χ4n) is 1.19. The number of amides is 1. The topological polar surface area (TPSA) is 84.2 Å². The molecule has 0 atom stereocenters. The lowest BCUT2D eigenvalue weighted by molar-refractivity contribution is -0.0771. The number of nitrogens with two attached hydrogens (primary N) is 1. The fourth-order valence-corrected chi connectivity index (χ4v) is 1.19. The predicted octanol–water partition coefficient (Wildman–Crippen LogP) is -0.231. The molecule has 1 aliphatic heterocycles. The van der Waals surface area contributed by atoms with Crippen molar-refractivity contribution in [1.29, 1.82) is 0 Å². The smallest absolute Gasteiger partial charge is 0.295 e. The van der Waals surface area contributed by atoms with E-state index in [1.807, 2.05) is 0 Å². The summed E-state index contributed by atoms with van der Waals surface area (Å²) in [6.45, 7) is 1.22. The summed E-state index contributed by atoms with van der Waals surface area (Å²) in [6, 6.07) is 1.49. The average molecular weight is 182 g/mol. The summed E-state index contributed by atoms with van der Waals surface area (Å²) in [5.41, 5.74) is 5.72. The number of carbonyl (C=O) groups excluding carboxylic acids is 1. The number of aromatic amines is 1. The van der Waals surface area contributed by atoms with Crippen molar-refractivity contribution in [2.24, 2.45) is 0 Å². The molecule has 0 radical (unpaired) electrons. The van der Waals surface area contributed by atoms with Gasteiger partial charge < -0.3 is 5.73 Å². The number of nitrogen functional groups attached to an aromatic ring is 1. The highest BCUT2D eigenvalue weighted by molar-refractivity contribution is 5.92. The molecule has 2 rings (SSSR count). The van der Waals surface area contributed by atoms with Gasteiger partial charge >= 0.3 is 0 Å². The van der Waals surface area contributed by atoms with E-state index in [2.05, 4.69) is 10.2 Å². The molecule has 6 heteroatoms. The molecular weight excluding hydrogens is 172 g/mol. The molecule has 13 heavy (non-hydrogen) atoms. The van der Waals surface area contributed by atoms with Crippen molar-refractivity contribution in [3.63, 3.8) is 0 Å². The van der Waals surface area contributed by atoms with E-state index in [0.29, 0.717) is 24.7 Å². The zero-order chi connectivity index (χ0) is 9.26. The van der Waals surface area contributed by atoms with Crippen LogP contribution in [-0.4, -0.2) is 34.3 Å². The van der Waals surface area contributed by atoms with Crippen LogP contribution in [0.2, 0.25) is 0 Å². The zero-order valence-corrected chi connectivity index (χ0v) is 6.99. The van der Waals surface area contributed by atoms with Gasteiger partial charge in [0.1, 0.15) is 11.5 Å². The van der Waals surface area contributed by atoms with Crippen molar-refractivity contribution in [2.75, 3.05) is 18.9 Å². The quantitative estimate of drug-likeness (QED) is 0.628.